The lowest BCUT2D eigenvalue weighted by Gasteiger charge is -2.08. The van der Waals surface area contributed by atoms with Gasteiger partial charge >= 0.3 is 5.97 Å². The summed E-state index contributed by atoms with van der Waals surface area (Å²) in [7, 11) is 0. The van der Waals surface area contributed by atoms with Gasteiger partial charge in [0.2, 0.25) is 6.79 Å². The molecule has 2 aromatic rings. The van der Waals surface area contributed by atoms with Gasteiger partial charge in [-0.3, -0.25) is 0 Å². The summed E-state index contributed by atoms with van der Waals surface area (Å²) in [5, 5.41) is 0. The minimum absolute atomic E-state index is 0.115. The van der Waals surface area contributed by atoms with Crippen LogP contribution >= 0.6 is 0 Å². The lowest BCUT2D eigenvalue weighted by molar-refractivity contribution is -0.145. The minimum atomic E-state index is -0.453. The summed E-state index contributed by atoms with van der Waals surface area (Å²) in [4.78, 5) is 11.2. The van der Waals surface area contributed by atoms with Gasteiger partial charge in [-0.05, 0) is 30.2 Å². The molecule has 0 bridgehead atoms. The third kappa shape index (κ3) is 3.72. The zero-order chi connectivity index (χ0) is 14.4. The Morgan fingerprint density at radius 1 is 1.00 bits per heavy atom. The first-order valence-corrected chi connectivity index (χ1v) is 6.28. The molecule has 3 heteroatoms. The van der Waals surface area contributed by atoms with Gasteiger partial charge in [0.15, 0.2) is 0 Å². The van der Waals surface area contributed by atoms with Gasteiger partial charge in [-0.25, -0.2) is 4.79 Å². The van der Waals surface area contributed by atoms with E-state index in [0.29, 0.717) is 11.3 Å². The highest BCUT2D eigenvalue weighted by molar-refractivity contribution is 5.86. The van der Waals surface area contributed by atoms with Crippen LogP contribution in [0.3, 0.4) is 0 Å². The number of rotatable bonds is 5. The predicted molar refractivity (Wildman–Crippen MR) is 78.3 cm³/mol. The van der Waals surface area contributed by atoms with Crippen molar-refractivity contribution in [3.8, 4) is 16.9 Å². The molecule has 0 saturated carbocycles. The van der Waals surface area contributed by atoms with E-state index in [1.165, 1.54) is 0 Å². The van der Waals surface area contributed by atoms with Crippen molar-refractivity contribution in [2.45, 2.75) is 6.92 Å². The van der Waals surface area contributed by atoms with Crippen molar-refractivity contribution in [3.05, 3.63) is 66.7 Å². The Hall–Kier alpha value is -2.55. The Balaban J connectivity index is 1.92. The number of ether oxygens (including phenoxy) is 2. The van der Waals surface area contributed by atoms with Crippen LogP contribution in [-0.4, -0.2) is 12.8 Å². The lowest BCUT2D eigenvalue weighted by Crippen LogP contribution is -2.10. The quantitative estimate of drug-likeness (QED) is 0.470. The van der Waals surface area contributed by atoms with E-state index >= 15 is 0 Å². The van der Waals surface area contributed by atoms with Crippen molar-refractivity contribution in [1.82, 2.24) is 0 Å². The predicted octanol–water partition coefficient (Wildman–Crippen LogP) is 3.81. The van der Waals surface area contributed by atoms with Crippen molar-refractivity contribution in [2.24, 2.45) is 0 Å². The Kier molecular flexibility index (Phi) is 4.56. The first-order chi connectivity index (χ1) is 9.66. The third-order valence-electron chi connectivity index (χ3n) is 2.73. The molecule has 3 nitrogen and oxygen atoms in total. The average molecular weight is 268 g/mol. The number of benzene rings is 2. The normalized spacial score (nSPS) is 9.85. The first kappa shape index (κ1) is 13.9. The molecule has 0 spiro atoms. The summed E-state index contributed by atoms with van der Waals surface area (Å²) in [6.45, 7) is 4.98. The van der Waals surface area contributed by atoms with Crippen LogP contribution in [0, 0.1) is 0 Å². The summed E-state index contributed by atoms with van der Waals surface area (Å²) in [6.07, 6.45) is 0. The molecule has 0 aliphatic heterocycles. The van der Waals surface area contributed by atoms with E-state index in [1.807, 2.05) is 54.6 Å². The molecule has 0 aromatic heterocycles. The molecule has 0 fully saturated rings. The number of esters is 1. The average Bonchev–Trinajstić information content (AvgIpc) is 2.48. The van der Waals surface area contributed by atoms with Crippen LogP contribution in [0.15, 0.2) is 66.7 Å². The Morgan fingerprint density at radius 2 is 1.60 bits per heavy atom. The van der Waals surface area contributed by atoms with Crippen molar-refractivity contribution >= 4 is 5.97 Å². The van der Waals surface area contributed by atoms with Crippen LogP contribution in [0.5, 0.6) is 5.75 Å². The van der Waals surface area contributed by atoms with E-state index < -0.39 is 5.97 Å². The Morgan fingerprint density at radius 3 is 2.20 bits per heavy atom. The van der Waals surface area contributed by atoms with E-state index in [0.717, 1.165) is 11.1 Å². The van der Waals surface area contributed by atoms with Gasteiger partial charge in [0.25, 0.3) is 0 Å². The summed E-state index contributed by atoms with van der Waals surface area (Å²) in [5.41, 5.74) is 2.61. The fraction of sp³-hybridized carbons (Fsp3) is 0.118. The second-order valence-corrected chi connectivity index (χ2v) is 4.36. The van der Waals surface area contributed by atoms with E-state index in [1.54, 1.807) is 6.92 Å². The highest BCUT2D eigenvalue weighted by Crippen LogP contribution is 2.21. The molecule has 0 radical (unpaired) electrons. The molecule has 0 N–H and O–H groups in total. The van der Waals surface area contributed by atoms with Gasteiger partial charge in [0, 0.05) is 5.57 Å². The van der Waals surface area contributed by atoms with Gasteiger partial charge < -0.3 is 9.47 Å². The fourth-order valence-corrected chi connectivity index (χ4v) is 1.65. The smallest absolute Gasteiger partial charge is 0.335 e. The van der Waals surface area contributed by atoms with Crippen molar-refractivity contribution in [2.75, 3.05) is 6.79 Å². The van der Waals surface area contributed by atoms with E-state index in [-0.39, 0.29) is 6.79 Å². The van der Waals surface area contributed by atoms with Crippen LogP contribution in [-0.2, 0) is 9.53 Å². The zero-order valence-corrected chi connectivity index (χ0v) is 11.3. The Bertz CT molecular complexity index is 585. The lowest BCUT2D eigenvalue weighted by atomic mass is 10.1. The number of carbonyl (C=O) groups excluding carboxylic acids is 1. The summed E-state index contributed by atoms with van der Waals surface area (Å²) < 4.78 is 10.2. The maximum Gasteiger partial charge on any atom is 0.335 e. The molecule has 20 heavy (non-hydrogen) atoms. The molecule has 0 atom stereocenters. The third-order valence-corrected chi connectivity index (χ3v) is 2.73. The first-order valence-electron chi connectivity index (χ1n) is 6.28. The van der Waals surface area contributed by atoms with Gasteiger partial charge in [-0.2, -0.15) is 0 Å². The zero-order valence-electron chi connectivity index (χ0n) is 11.3. The van der Waals surface area contributed by atoms with Crippen molar-refractivity contribution in [1.29, 1.82) is 0 Å². The van der Waals surface area contributed by atoms with Crippen molar-refractivity contribution < 1.29 is 14.3 Å². The molecular weight excluding hydrogens is 252 g/mol. The number of carbonyl (C=O) groups is 1. The Labute approximate surface area is 118 Å². The largest absolute Gasteiger partial charge is 0.457 e. The van der Waals surface area contributed by atoms with E-state index in [4.69, 9.17) is 9.47 Å². The van der Waals surface area contributed by atoms with Crippen LogP contribution in [0.1, 0.15) is 6.92 Å². The van der Waals surface area contributed by atoms with E-state index in [9.17, 15) is 4.79 Å². The SMILES string of the molecule is C=C(C)C(=O)OCOc1ccc(-c2ccccc2)cc1. The second-order valence-electron chi connectivity index (χ2n) is 4.36. The summed E-state index contributed by atoms with van der Waals surface area (Å²) in [6, 6.07) is 17.7. The number of hydrogen-bond donors (Lipinski definition) is 0. The van der Waals surface area contributed by atoms with Crippen molar-refractivity contribution in [3.63, 3.8) is 0 Å². The standard InChI is InChI=1S/C17H16O3/c1-13(2)17(18)20-12-19-16-10-8-15(9-11-16)14-6-4-3-5-7-14/h3-11H,1,12H2,2H3. The fourth-order valence-electron chi connectivity index (χ4n) is 1.65. The van der Waals surface area contributed by atoms with Gasteiger partial charge in [0.1, 0.15) is 5.75 Å². The van der Waals surface area contributed by atoms with Crippen LogP contribution in [0.4, 0.5) is 0 Å². The summed E-state index contributed by atoms with van der Waals surface area (Å²) in [5.74, 6) is 0.199. The molecule has 0 heterocycles. The second kappa shape index (κ2) is 6.57. The highest BCUT2D eigenvalue weighted by Gasteiger charge is 2.03. The molecule has 2 rings (SSSR count). The highest BCUT2D eigenvalue weighted by atomic mass is 16.7. The monoisotopic (exact) mass is 268 g/mol. The van der Waals surface area contributed by atoms with E-state index in [2.05, 4.69) is 6.58 Å². The van der Waals surface area contributed by atoms with Gasteiger partial charge in [0.05, 0.1) is 0 Å². The van der Waals surface area contributed by atoms with Crippen LogP contribution in [0.25, 0.3) is 11.1 Å². The number of hydrogen-bond acceptors (Lipinski definition) is 3. The van der Waals surface area contributed by atoms with Crippen LogP contribution < -0.4 is 4.74 Å². The molecule has 0 aliphatic rings. The maximum absolute atomic E-state index is 11.2. The molecule has 0 amide bonds. The van der Waals surface area contributed by atoms with Crippen LogP contribution in [0.2, 0.25) is 0 Å². The van der Waals surface area contributed by atoms with Gasteiger partial charge in [-0.1, -0.05) is 49.0 Å². The topological polar surface area (TPSA) is 35.5 Å². The molecule has 0 aliphatic carbocycles. The molecule has 102 valence electrons. The molecule has 0 unspecified atom stereocenters. The molecule has 0 saturated heterocycles. The summed E-state index contributed by atoms with van der Waals surface area (Å²) >= 11 is 0. The molecule has 2 aromatic carbocycles. The molecular formula is C17H16O3. The minimum Gasteiger partial charge on any atom is -0.457 e. The maximum atomic E-state index is 11.2. The van der Waals surface area contributed by atoms with Gasteiger partial charge in [-0.15, -0.1) is 0 Å².